The minimum absolute atomic E-state index is 0.287. The molecule has 0 saturated carbocycles. The molecule has 0 amide bonds. The second kappa shape index (κ2) is 7.06. The maximum Gasteiger partial charge on any atom is 0.206 e. The molecule has 4 nitrogen and oxygen atoms in total. The Morgan fingerprint density at radius 1 is 1.04 bits per heavy atom. The average Bonchev–Trinajstić information content (AvgIpc) is 3.02. The van der Waals surface area contributed by atoms with Crippen LogP contribution >= 0.6 is 11.6 Å². The Morgan fingerprint density at radius 3 is 2.48 bits per heavy atom. The maximum atomic E-state index is 9.38. The number of halogens is 1. The first-order valence-corrected chi connectivity index (χ1v) is 9.18. The molecule has 0 atom stereocenters. The molecule has 25 heavy (non-hydrogen) atoms. The fraction of sp³-hybridized carbons (Fsp3) is 0.350. The largest absolute Gasteiger partial charge is 0.396 e. The number of fused-ring (bicyclic) bond motifs is 1. The van der Waals surface area contributed by atoms with Crippen molar-refractivity contribution in [1.82, 2.24) is 9.55 Å². The van der Waals surface area contributed by atoms with E-state index in [4.69, 9.17) is 16.6 Å². The number of nitrogens with zero attached hydrogens (tertiary/aromatic N) is 3. The van der Waals surface area contributed by atoms with Gasteiger partial charge in [0.05, 0.1) is 17.6 Å². The smallest absolute Gasteiger partial charge is 0.206 e. The summed E-state index contributed by atoms with van der Waals surface area (Å²) >= 11 is 6.02. The van der Waals surface area contributed by atoms with Gasteiger partial charge in [-0.15, -0.1) is 0 Å². The van der Waals surface area contributed by atoms with Crippen LogP contribution in [0.5, 0.6) is 0 Å². The van der Waals surface area contributed by atoms with E-state index in [1.807, 2.05) is 18.2 Å². The van der Waals surface area contributed by atoms with Crippen LogP contribution in [-0.2, 0) is 6.54 Å². The predicted molar refractivity (Wildman–Crippen MR) is 102 cm³/mol. The van der Waals surface area contributed by atoms with Crippen molar-refractivity contribution in [2.24, 2.45) is 5.92 Å². The van der Waals surface area contributed by atoms with Crippen molar-refractivity contribution >= 4 is 28.6 Å². The zero-order valence-corrected chi connectivity index (χ0v) is 14.9. The van der Waals surface area contributed by atoms with Crippen LogP contribution in [-0.4, -0.2) is 34.4 Å². The lowest BCUT2D eigenvalue weighted by Gasteiger charge is -2.32. The Kier molecular flexibility index (Phi) is 4.64. The molecular formula is C20H22ClN3O. The highest BCUT2D eigenvalue weighted by atomic mass is 35.5. The lowest BCUT2D eigenvalue weighted by Crippen LogP contribution is -2.36. The van der Waals surface area contributed by atoms with Crippen LogP contribution in [0.25, 0.3) is 11.0 Å². The molecule has 1 aromatic heterocycles. The van der Waals surface area contributed by atoms with Crippen molar-refractivity contribution < 1.29 is 5.11 Å². The highest BCUT2D eigenvalue weighted by molar-refractivity contribution is 6.30. The lowest BCUT2D eigenvalue weighted by molar-refractivity contribution is 0.202. The van der Waals surface area contributed by atoms with E-state index in [0.29, 0.717) is 5.92 Å². The number of aromatic nitrogens is 2. The van der Waals surface area contributed by atoms with Crippen LogP contribution in [0.3, 0.4) is 0 Å². The van der Waals surface area contributed by atoms with Gasteiger partial charge >= 0.3 is 0 Å². The SMILES string of the molecule is OCC1CCN(c2nc3ccccc3n2Cc2ccc(Cl)cc2)CC1. The molecule has 0 bridgehead atoms. The van der Waals surface area contributed by atoms with Gasteiger partial charge in [0.25, 0.3) is 0 Å². The van der Waals surface area contributed by atoms with E-state index >= 15 is 0 Å². The fourth-order valence-electron chi connectivity index (χ4n) is 3.55. The molecule has 0 spiro atoms. The molecule has 5 heteroatoms. The van der Waals surface area contributed by atoms with Crippen LogP contribution in [0.4, 0.5) is 5.95 Å². The van der Waals surface area contributed by atoms with Crippen molar-refractivity contribution in [3.8, 4) is 0 Å². The summed E-state index contributed by atoms with van der Waals surface area (Å²) in [4.78, 5) is 7.25. The molecule has 0 unspecified atom stereocenters. The molecule has 130 valence electrons. The number of piperidine rings is 1. The Labute approximate surface area is 152 Å². The molecule has 2 heterocycles. The van der Waals surface area contributed by atoms with E-state index in [9.17, 15) is 5.11 Å². The van der Waals surface area contributed by atoms with Crippen molar-refractivity contribution in [3.63, 3.8) is 0 Å². The van der Waals surface area contributed by atoms with Crippen molar-refractivity contribution in [1.29, 1.82) is 0 Å². The van der Waals surface area contributed by atoms with Gasteiger partial charge in [-0.2, -0.15) is 0 Å². The van der Waals surface area contributed by atoms with Crippen molar-refractivity contribution in [3.05, 3.63) is 59.1 Å². The summed E-state index contributed by atoms with van der Waals surface area (Å²) in [6.45, 7) is 2.94. The number of imidazole rings is 1. The number of aliphatic hydroxyl groups is 1. The van der Waals surface area contributed by atoms with Gasteiger partial charge in [0.2, 0.25) is 5.95 Å². The summed E-state index contributed by atoms with van der Waals surface area (Å²) < 4.78 is 2.29. The van der Waals surface area contributed by atoms with E-state index in [-0.39, 0.29) is 6.61 Å². The minimum atomic E-state index is 0.287. The van der Waals surface area contributed by atoms with Crippen LogP contribution < -0.4 is 4.90 Å². The van der Waals surface area contributed by atoms with E-state index < -0.39 is 0 Å². The Morgan fingerprint density at radius 2 is 1.76 bits per heavy atom. The maximum absolute atomic E-state index is 9.38. The van der Waals surface area contributed by atoms with Crippen LogP contribution in [0.1, 0.15) is 18.4 Å². The summed E-state index contributed by atoms with van der Waals surface area (Å²) in [5.41, 5.74) is 3.38. The first kappa shape index (κ1) is 16.4. The summed E-state index contributed by atoms with van der Waals surface area (Å²) in [6, 6.07) is 16.3. The molecule has 1 aliphatic rings. The second-order valence-electron chi connectivity index (χ2n) is 6.73. The second-order valence-corrected chi connectivity index (χ2v) is 7.16. The topological polar surface area (TPSA) is 41.3 Å². The van der Waals surface area contributed by atoms with Crippen molar-refractivity contribution in [2.75, 3.05) is 24.6 Å². The molecular weight excluding hydrogens is 334 g/mol. The monoisotopic (exact) mass is 355 g/mol. The third-order valence-electron chi connectivity index (χ3n) is 5.04. The van der Waals surface area contributed by atoms with Gasteiger partial charge in [-0.05, 0) is 48.6 Å². The van der Waals surface area contributed by atoms with Gasteiger partial charge < -0.3 is 14.6 Å². The van der Waals surface area contributed by atoms with E-state index in [0.717, 1.165) is 54.5 Å². The molecule has 2 aromatic carbocycles. The number of hydrogen-bond acceptors (Lipinski definition) is 3. The van der Waals surface area contributed by atoms with Crippen LogP contribution in [0.2, 0.25) is 5.02 Å². The van der Waals surface area contributed by atoms with Gasteiger partial charge in [0, 0.05) is 24.7 Å². The number of anilines is 1. The Balaban J connectivity index is 1.69. The van der Waals surface area contributed by atoms with Gasteiger partial charge in [-0.3, -0.25) is 0 Å². The van der Waals surface area contributed by atoms with E-state index in [2.05, 4.69) is 39.8 Å². The molecule has 0 aliphatic carbocycles. The van der Waals surface area contributed by atoms with E-state index in [1.54, 1.807) is 0 Å². The molecule has 1 aliphatic heterocycles. The van der Waals surface area contributed by atoms with Gasteiger partial charge in [0.15, 0.2) is 0 Å². The third-order valence-corrected chi connectivity index (χ3v) is 5.30. The van der Waals surface area contributed by atoms with Gasteiger partial charge in [-0.25, -0.2) is 4.98 Å². The molecule has 3 aromatic rings. The quantitative estimate of drug-likeness (QED) is 0.770. The molecule has 1 saturated heterocycles. The molecule has 0 radical (unpaired) electrons. The van der Waals surface area contributed by atoms with E-state index in [1.165, 1.54) is 5.56 Å². The highest BCUT2D eigenvalue weighted by Gasteiger charge is 2.23. The summed E-state index contributed by atoms with van der Waals surface area (Å²) in [5, 5.41) is 10.1. The lowest BCUT2D eigenvalue weighted by atomic mass is 9.98. The first-order valence-electron chi connectivity index (χ1n) is 8.80. The third kappa shape index (κ3) is 3.37. The van der Waals surface area contributed by atoms with Crippen LogP contribution in [0.15, 0.2) is 48.5 Å². The predicted octanol–water partition coefficient (Wildman–Crippen LogP) is 3.95. The minimum Gasteiger partial charge on any atom is -0.396 e. The molecule has 4 rings (SSSR count). The standard InChI is InChI=1S/C20H22ClN3O/c21-17-7-5-15(6-8-17)13-24-19-4-2-1-3-18(19)22-20(24)23-11-9-16(14-25)10-12-23/h1-8,16,25H,9-14H2. The number of rotatable bonds is 4. The average molecular weight is 356 g/mol. The fourth-order valence-corrected chi connectivity index (χ4v) is 3.67. The Bertz CT molecular complexity index is 851. The summed E-state index contributed by atoms with van der Waals surface area (Å²) in [7, 11) is 0. The highest BCUT2D eigenvalue weighted by Crippen LogP contribution is 2.28. The Hall–Kier alpha value is -2.04. The zero-order chi connectivity index (χ0) is 17.2. The summed E-state index contributed by atoms with van der Waals surface area (Å²) in [6.07, 6.45) is 2.03. The number of aliphatic hydroxyl groups excluding tert-OH is 1. The number of para-hydroxylation sites is 2. The van der Waals surface area contributed by atoms with Gasteiger partial charge in [-0.1, -0.05) is 35.9 Å². The van der Waals surface area contributed by atoms with Crippen LogP contribution in [0, 0.1) is 5.92 Å². The normalized spacial score (nSPS) is 15.8. The van der Waals surface area contributed by atoms with Gasteiger partial charge in [0.1, 0.15) is 0 Å². The number of benzene rings is 2. The molecule has 1 N–H and O–H groups in total. The molecule has 1 fully saturated rings. The van der Waals surface area contributed by atoms with Crippen molar-refractivity contribution in [2.45, 2.75) is 19.4 Å². The zero-order valence-electron chi connectivity index (χ0n) is 14.1. The first-order chi connectivity index (χ1) is 12.2. The number of hydrogen-bond donors (Lipinski definition) is 1. The summed E-state index contributed by atoms with van der Waals surface area (Å²) in [5.74, 6) is 1.44.